The SMILES string of the molecule is CC(C)(C)CN(Cc1ccc(CCC=O)cc1)c1ccnc(C#N)n1. The molecular formula is C20H24N4O. The molecule has 0 radical (unpaired) electrons. The van der Waals surface area contributed by atoms with Crippen LogP contribution in [0.5, 0.6) is 0 Å². The van der Waals surface area contributed by atoms with E-state index in [1.807, 2.05) is 12.1 Å². The van der Waals surface area contributed by atoms with Crippen molar-refractivity contribution < 1.29 is 4.79 Å². The predicted octanol–water partition coefficient (Wildman–Crippen LogP) is 3.53. The molecule has 1 aromatic heterocycles. The number of aromatic nitrogens is 2. The van der Waals surface area contributed by atoms with Crippen LogP contribution in [0.2, 0.25) is 0 Å². The van der Waals surface area contributed by atoms with E-state index in [1.54, 1.807) is 6.20 Å². The van der Waals surface area contributed by atoms with Crippen LogP contribution in [0.15, 0.2) is 36.5 Å². The van der Waals surface area contributed by atoms with Gasteiger partial charge in [-0.05, 0) is 29.0 Å². The number of benzene rings is 1. The van der Waals surface area contributed by atoms with E-state index in [-0.39, 0.29) is 11.2 Å². The van der Waals surface area contributed by atoms with Crippen LogP contribution in [0.25, 0.3) is 0 Å². The number of carbonyl (C=O) groups excluding carboxylic acids is 1. The van der Waals surface area contributed by atoms with Gasteiger partial charge < -0.3 is 9.69 Å². The van der Waals surface area contributed by atoms with E-state index in [0.29, 0.717) is 13.0 Å². The molecule has 1 aromatic carbocycles. The summed E-state index contributed by atoms with van der Waals surface area (Å²) in [4.78, 5) is 21.0. The molecule has 2 aromatic rings. The van der Waals surface area contributed by atoms with E-state index in [2.05, 4.69) is 59.9 Å². The molecular weight excluding hydrogens is 312 g/mol. The summed E-state index contributed by atoms with van der Waals surface area (Å²) in [6, 6.07) is 12.1. The summed E-state index contributed by atoms with van der Waals surface area (Å²) in [7, 11) is 0. The summed E-state index contributed by atoms with van der Waals surface area (Å²) in [5.74, 6) is 0.937. The number of hydrogen-bond acceptors (Lipinski definition) is 5. The first-order valence-electron chi connectivity index (χ1n) is 8.41. The molecule has 0 unspecified atom stereocenters. The number of aryl methyl sites for hydroxylation is 1. The second-order valence-corrected chi connectivity index (χ2v) is 7.29. The standard InChI is InChI=1S/C20H24N4O/c1-20(2,3)15-24(19-10-11-22-18(13-21)23-19)14-17-8-6-16(7-9-17)5-4-12-25/h6-12H,4-5,14-15H2,1-3H3. The first-order valence-corrected chi connectivity index (χ1v) is 8.41. The van der Waals surface area contributed by atoms with Crippen molar-refractivity contribution in [1.29, 1.82) is 5.26 Å². The molecule has 25 heavy (non-hydrogen) atoms. The van der Waals surface area contributed by atoms with E-state index < -0.39 is 0 Å². The summed E-state index contributed by atoms with van der Waals surface area (Å²) in [6.07, 6.45) is 3.89. The van der Waals surface area contributed by atoms with Crippen molar-refractivity contribution in [3.05, 3.63) is 53.5 Å². The first-order chi connectivity index (χ1) is 11.9. The van der Waals surface area contributed by atoms with Crippen molar-refractivity contribution in [1.82, 2.24) is 9.97 Å². The lowest BCUT2D eigenvalue weighted by atomic mass is 9.95. The minimum absolute atomic E-state index is 0.0850. The lowest BCUT2D eigenvalue weighted by Crippen LogP contribution is -2.33. The predicted molar refractivity (Wildman–Crippen MR) is 98.1 cm³/mol. The Balaban J connectivity index is 2.21. The summed E-state index contributed by atoms with van der Waals surface area (Å²) in [5.41, 5.74) is 2.41. The van der Waals surface area contributed by atoms with Gasteiger partial charge in [-0.25, -0.2) is 9.97 Å². The molecule has 130 valence electrons. The Morgan fingerprint density at radius 2 is 1.84 bits per heavy atom. The van der Waals surface area contributed by atoms with Gasteiger partial charge in [0.2, 0.25) is 5.82 Å². The lowest BCUT2D eigenvalue weighted by Gasteiger charge is -2.31. The van der Waals surface area contributed by atoms with Gasteiger partial charge in [0.05, 0.1) is 0 Å². The van der Waals surface area contributed by atoms with Gasteiger partial charge in [0, 0.05) is 25.7 Å². The minimum Gasteiger partial charge on any atom is -0.352 e. The van der Waals surface area contributed by atoms with E-state index in [1.165, 1.54) is 0 Å². The molecule has 5 heteroatoms. The Morgan fingerprint density at radius 3 is 2.44 bits per heavy atom. The zero-order valence-corrected chi connectivity index (χ0v) is 15.1. The molecule has 0 saturated heterocycles. The Hall–Kier alpha value is -2.74. The maximum atomic E-state index is 10.5. The number of anilines is 1. The number of hydrogen-bond donors (Lipinski definition) is 0. The minimum atomic E-state index is 0.0850. The molecule has 0 aliphatic rings. The van der Waals surface area contributed by atoms with Gasteiger partial charge in [-0.1, -0.05) is 45.0 Å². The van der Waals surface area contributed by atoms with Crippen LogP contribution in [0, 0.1) is 16.7 Å². The fourth-order valence-electron chi connectivity index (χ4n) is 2.63. The van der Waals surface area contributed by atoms with Crippen molar-refractivity contribution >= 4 is 12.1 Å². The third-order valence-electron chi connectivity index (χ3n) is 3.68. The van der Waals surface area contributed by atoms with Crippen LogP contribution < -0.4 is 4.90 Å². The van der Waals surface area contributed by atoms with Crippen molar-refractivity contribution in [2.75, 3.05) is 11.4 Å². The average Bonchev–Trinajstić information content (AvgIpc) is 2.59. The molecule has 2 rings (SSSR count). The first kappa shape index (κ1) is 18.6. The number of nitriles is 1. The normalized spacial score (nSPS) is 11.0. The molecule has 0 fully saturated rings. The van der Waals surface area contributed by atoms with Crippen molar-refractivity contribution in [2.45, 2.75) is 40.2 Å². The quantitative estimate of drug-likeness (QED) is 0.723. The van der Waals surface area contributed by atoms with Gasteiger partial charge in [-0.2, -0.15) is 5.26 Å². The van der Waals surface area contributed by atoms with Gasteiger partial charge >= 0.3 is 0 Å². The van der Waals surface area contributed by atoms with Gasteiger partial charge in [0.25, 0.3) is 0 Å². The zero-order valence-electron chi connectivity index (χ0n) is 15.1. The van der Waals surface area contributed by atoms with Crippen LogP contribution in [0.4, 0.5) is 5.82 Å². The van der Waals surface area contributed by atoms with Crippen LogP contribution in [-0.2, 0) is 17.8 Å². The Labute approximate surface area is 149 Å². The fourth-order valence-corrected chi connectivity index (χ4v) is 2.63. The molecule has 0 amide bonds. The molecule has 0 aliphatic heterocycles. The van der Waals surface area contributed by atoms with Crippen LogP contribution >= 0.6 is 0 Å². The summed E-state index contributed by atoms with van der Waals surface area (Å²) >= 11 is 0. The summed E-state index contributed by atoms with van der Waals surface area (Å²) < 4.78 is 0. The maximum absolute atomic E-state index is 10.5. The molecule has 0 aliphatic carbocycles. The Bertz CT molecular complexity index is 742. The average molecular weight is 336 g/mol. The van der Waals surface area contributed by atoms with E-state index in [4.69, 9.17) is 5.26 Å². The van der Waals surface area contributed by atoms with Crippen molar-refractivity contribution in [3.8, 4) is 6.07 Å². The number of aldehydes is 1. The lowest BCUT2D eigenvalue weighted by molar-refractivity contribution is -0.107. The highest BCUT2D eigenvalue weighted by molar-refractivity contribution is 5.50. The molecule has 0 N–H and O–H groups in total. The van der Waals surface area contributed by atoms with E-state index in [9.17, 15) is 4.79 Å². The monoisotopic (exact) mass is 336 g/mol. The maximum Gasteiger partial charge on any atom is 0.234 e. The third-order valence-corrected chi connectivity index (χ3v) is 3.68. The topological polar surface area (TPSA) is 69.9 Å². The van der Waals surface area contributed by atoms with E-state index >= 15 is 0 Å². The zero-order chi connectivity index (χ0) is 18.3. The summed E-state index contributed by atoms with van der Waals surface area (Å²) in [6.45, 7) is 8.04. The van der Waals surface area contributed by atoms with Gasteiger partial charge in [-0.15, -0.1) is 0 Å². The Kier molecular flexibility index (Phi) is 6.24. The largest absolute Gasteiger partial charge is 0.352 e. The molecule has 0 bridgehead atoms. The molecule has 0 spiro atoms. The third kappa shape index (κ3) is 6.00. The second-order valence-electron chi connectivity index (χ2n) is 7.29. The van der Waals surface area contributed by atoms with E-state index in [0.717, 1.165) is 36.2 Å². The highest BCUT2D eigenvalue weighted by atomic mass is 16.1. The van der Waals surface area contributed by atoms with Crippen molar-refractivity contribution in [2.24, 2.45) is 5.41 Å². The van der Waals surface area contributed by atoms with Gasteiger partial charge in [0.1, 0.15) is 18.2 Å². The fraction of sp³-hybridized carbons (Fsp3) is 0.400. The molecule has 1 heterocycles. The van der Waals surface area contributed by atoms with Crippen molar-refractivity contribution in [3.63, 3.8) is 0 Å². The highest BCUT2D eigenvalue weighted by Gasteiger charge is 2.18. The smallest absolute Gasteiger partial charge is 0.234 e. The van der Waals surface area contributed by atoms with Crippen LogP contribution in [0.3, 0.4) is 0 Å². The number of carbonyl (C=O) groups is 1. The van der Waals surface area contributed by atoms with Gasteiger partial charge in [-0.3, -0.25) is 0 Å². The highest BCUT2D eigenvalue weighted by Crippen LogP contribution is 2.22. The molecule has 0 saturated carbocycles. The van der Waals surface area contributed by atoms with Gasteiger partial charge in [0.15, 0.2) is 0 Å². The number of nitrogens with zero attached hydrogens (tertiary/aromatic N) is 4. The van der Waals surface area contributed by atoms with Crippen LogP contribution in [0.1, 0.15) is 44.1 Å². The number of rotatable bonds is 7. The molecule has 0 atom stereocenters. The van der Waals surface area contributed by atoms with Crippen LogP contribution in [-0.4, -0.2) is 22.8 Å². The molecule has 5 nitrogen and oxygen atoms in total. The Morgan fingerprint density at radius 1 is 1.16 bits per heavy atom. The summed E-state index contributed by atoms with van der Waals surface area (Å²) in [5, 5.41) is 9.05. The second kappa shape index (κ2) is 8.39.